The van der Waals surface area contributed by atoms with Gasteiger partial charge in [-0.15, -0.1) is 0 Å². The van der Waals surface area contributed by atoms with Gasteiger partial charge in [-0.2, -0.15) is 0 Å². The summed E-state index contributed by atoms with van der Waals surface area (Å²) in [4.78, 5) is 12.6. The molecule has 0 radical (unpaired) electrons. The van der Waals surface area contributed by atoms with Gasteiger partial charge in [-0.1, -0.05) is 20.8 Å². The van der Waals surface area contributed by atoms with Gasteiger partial charge in [-0.3, -0.25) is 0 Å². The molecule has 1 rings (SSSR count). The third-order valence-corrected chi connectivity index (χ3v) is 2.76. The molecule has 1 saturated heterocycles. The van der Waals surface area contributed by atoms with Crippen molar-refractivity contribution in [1.82, 2.24) is 10.2 Å². The largest absolute Gasteiger partial charge is 0.465 e. The van der Waals surface area contributed by atoms with Gasteiger partial charge in [0.05, 0.1) is 6.04 Å². The van der Waals surface area contributed by atoms with Crippen LogP contribution < -0.4 is 5.32 Å². The topological polar surface area (TPSA) is 52.6 Å². The standard InChI is InChI=1S/C10H20N2O2/c1-7-8(10(2,3)4)12(9(13)14)6-5-11-7/h7-8,11H,5-6H2,1-4H3,(H,13,14)/t7?,8-/m0/s1. The predicted molar refractivity (Wildman–Crippen MR) is 55.4 cm³/mol. The minimum atomic E-state index is -0.807. The van der Waals surface area contributed by atoms with Crippen LogP contribution >= 0.6 is 0 Å². The summed E-state index contributed by atoms with van der Waals surface area (Å²) < 4.78 is 0. The van der Waals surface area contributed by atoms with Crippen molar-refractivity contribution in [2.75, 3.05) is 13.1 Å². The summed E-state index contributed by atoms with van der Waals surface area (Å²) in [6, 6.07) is 0.272. The van der Waals surface area contributed by atoms with Crippen molar-refractivity contribution in [3.05, 3.63) is 0 Å². The summed E-state index contributed by atoms with van der Waals surface area (Å²) in [5, 5.41) is 12.4. The van der Waals surface area contributed by atoms with Crippen LogP contribution in [0.5, 0.6) is 0 Å². The van der Waals surface area contributed by atoms with E-state index in [9.17, 15) is 4.79 Å². The summed E-state index contributed by atoms with van der Waals surface area (Å²) in [5.74, 6) is 0. The van der Waals surface area contributed by atoms with Crippen molar-refractivity contribution in [3.63, 3.8) is 0 Å². The second kappa shape index (κ2) is 3.77. The van der Waals surface area contributed by atoms with E-state index in [1.54, 1.807) is 4.90 Å². The molecule has 0 aromatic rings. The first-order valence-electron chi connectivity index (χ1n) is 5.07. The molecule has 1 amide bonds. The van der Waals surface area contributed by atoms with Crippen LogP contribution in [0.2, 0.25) is 0 Å². The van der Waals surface area contributed by atoms with Gasteiger partial charge in [0.1, 0.15) is 0 Å². The molecule has 0 bridgehead atoms. The van der Waals surface area contributed by atoms with Crippen LogP contribution in [0.3, 0.4) is 0 Å². The molecule has 4 heteroatoms. The van der Waals surface area contributed by atoms with Gasteiger partial charge in [0.15, 0.2) is 0 Å². The van der Waals surface area contributed by atoms with Crippen LogP contribution in [-0.4, -0.2) is 41.3 Å². The third-order valence-electron chi connectivity index (χ3n) is 2.76. The quantitative estimate of drug-likeness (QED) is 0.621. The Morgan fingerprint density at radius 3 is 2.43 bits per heavy atom. The van der Waals surface area contributed by atoms with Crippen molar-refractivity contribution in [3.8, 4) is 0 Å². The Morgan fingerprint density at radius 2 is 2.07 bits per heavy atom. The van der Waals surface area contributed by atoms with Crippen molar-refractivity contribution < 1.29 is 9.90 Å². The number of hydrogen-bond donors (Lipinski definition) is 2. The molecule has 1 aliphatic heterocycles. The highest BCUT2D eigenvalue weighted by molar-refractivity contribution is 5.66. The number of hydrogen-bond acceptors (Lipinski definition) is 2. The first-order chi connectivity index (χ1) is 6.34. The molecule has 2 atom stereocenters. The fourth-order valence-electron chi connectivity index (χ4n) is 2.37. The molecule has 1 unspecified atom stereocenters. The summed E-state index contributed by atoms with van der Waals surface area (Å²) in [5.41, 5.74) is -0.0226. The highest BCUT2D eigenvalue weighted by Gasteiger charge is 2.39. The number of carbonyl (C=O) groups is 1. The molecular weight excluding hydrogens is 180 g/mol. The lowest BCUT2D eigenvalue weighted by Crippen LogP contribution is -2.62. The molecule has 0 saturated carbocycles. The lowest BCUT2D eigenvalue weighted by atomic mass is 9.80. The summed E-state index contributed by atoms with van der Waals surface area (Å²) in [6.07, 6.45) is -0.807. The third kappa shape index (κ3) is 2.18. The average molecular weight is 200 g/mol. The lowest BCUT2D eigenvalue weighted by molar-refractivity contribution is 0.0458. The Labute approximate surface area is 85.3 Å². The van der Waals surface area contributed by atoms with E-state index in [0.717, 1.165) is 6.54 Å². The van der Waals surface area contributed by atoms with Gasteiger partial charge >= 0.3 is 6.09 Å². The molecule has 4 nitrogen and oxygen atoms in total. The summed E-state index contributed by atoms with van der Waals surface area (Å²) in [7, 11) is 0. The SMILES string of the molecule is CC1NCCN(C(=O)O)[C@@H]1C(C)(C)C. The van der Waals surface area contributed by atoms with Gasteiger partial charge in [-0.05, 0) is 12.3 Å². The number of amides is 1. The van der Waals surface area contributed by atoms with E-state index in [1.807, 2.05) is 6.92 Å². The summed E-state index contributed by atoms with van der Waals surface area (Å²) >= 11 is 0. The maximum absolute atomic E-state index is 11.1. The predicted octanol–water partition coefficient (Wildman–Crippen LogP) is 1.37. The van der Waals surface area contributed by atoms with Gasteiger partial charge in [-0.25, -0.2) is 4.79 Å². The van der Waals surface area contributed by atoms with Crippen LogP contribution in [0.4, 0.5) is 4.79 Å². The van der Waals surface area contributed by atoms with E-state index in [0.29, 0.717) is 6.54 Å². The van der Waals surface area contributed by atoms with E-state index in [-0.39, 0.29) is 17.5 Å². The van der Waals surface area contributed by atoms with Crippen LogP contribution in [0.1, 0.15) is 27.7 Å². The Hall–Kier alpha value is -0.770. The smallest absolute Gasteiger partial charge is 0.407 e. The first-order valence-corrected chi connectivity index (χ1v) is 5.07. The zero-order valence-corrected chi connectivity index (χ0v) is 9.37. The van der Waals surface area contributed by atoms with Gasteiger partial charge in [0.2, 0.25) is 0 Å². The number of rotatable bonds is 0. The maximum atomic E-state index is 11.1. The van der Waals surface area contributed by atoms with Crippen LogP contribution in [0.25, 0.3) is 0 Å². The molecule has 14 heavy (non-hydrogen) atoms. The lowest BCUT2D eigenvalue weighted by Gasteiger charge is -2.46. The Balaban J connectivity index is 2.87. The number of piperazine rings is 1. The molecule has 82 valence electrons. The fourth-order valence-corrected chi connectivity index (χ4v) is 2.37. The monoisotopic (exact) mass is 200 g/mol. The van der Waals surface area contributed by atoms with Crippen LogP contribution in [0, 0.1) is 5.41 Å². The Morgan fingerprint density at radius 1 is 1.50 bits per heavy atom. The van der Waals surface area contributed by atoms with Gasteiger partial charge < -0.3 is 15.3 Å². The molecule has 1 aliphatic rings. The molecule has 0 aromatic heterocycles. The number of nitrogens with one attached hydrogen (secondary N) is 1. The van der Waals surface area contributed by atoms with Crippen molar-refractivity contribution in [2.45, 2.75) is 39.8 Å². The van der Waals surface area contributed by atoms with E-state index >= 15 is 0 Å². The molecular formula is C10H20N2O2. The first kappa shape index (κ1) is 11.3. The van der Waals surface area contributed by atoms with Gasteiger partial charge in [0.25, 0.3) is 0 Å². The van der Waals surface area contributed by atoms with E-state index < -0.39 is 6.09 Å². The number of nitrogens with zero attached hydrogens (tertiary/aromatic N) is 1. The van der Waals surface area contributed by atoms with E-state index in [2.05, 4.69) is 26.1 Å². The highest BCUT2D eigenvalue weighted by atomic mass is 16.4. The maximum Gasteiger partial charge on any atom is 0.407 e. The normalized spacial score (nSPS) is 29.0. The minimum Gasteiger partial charge on any atom is -0.465 e. The van der Waals surface area contributed by atoms with Gasteiger partial charge in [0, 0.05) is 19.1 Å². The fraction of sp³-hybridized carbons (Fsp3) is 0.900. The Bertz CT molecular complexity index is 223. The van der Waals surface area contributed by atoms with Crippen LogP contribution in [0.15, 0.2) is 0 Å². The zero-order chi connectivity index (χ0) is 10.9. The van der Waals surface area contributed by atoms with Crippen molar-refractivity contribution in [2.24, 2.45) is 5.41 Å². The average Bonchev–Trinajstić information content (AvgIpc) is 2.01. The molecule has 0 spiro atoms. The second-order valence-electron chi connectivity index (χ2n) is 5.03. The number of carboxylic acid groups (broad SMARTS) is 1. The second-order valence-corrected chi connectivity index (χ2v) is 5.03. The van der Waals surface area contributed by atoms with Crippen LogP contribution in [-0.2, 0) is 0 Å². The van der Waals surface area contributed by atoms with E-state index in [4.69, 9.17) is 5.11 Å². The molecule has 1 heterocycles. The van der Waals surface area contributed by atoms with E-state index in [1.165, 1.54) is 0 Å². The zero-order valence-electron chi connectivity index (χ0n) is 9.37. The molecule has 2 N–H and O–H groups in total. The van der Waals surface area contributed by atoms with Crippen molar-refractivity contribution in [1.29, 1.82) is 0 Å². The molecule has 0 aliphatic carbocycles. The summed E-state index contributed by atoms with van der Waals surface area (Å²) in [6.45, 7) is 9.62. The Kier molecular flexibility index (Phi) is 3.04. The van der Waals surface area contributed by atoms with Crippen molar-refractivity contribution >= 4 is 6.09 Å². The minimum absolute atomic E-state index is 0.0226. The molecule has 1 fully saturated rings. The molecule has 0 aromatic carbocycles. The highest BCUT2D eigenvalue weighted by Crippen LogP contribution is 2.28.